The first-order valence-corrected chi connectivity index (χ1v) is 6.90. The first-order chi connectivity index (χ1) is 9.50. The minimum absolute atomic E-state index is 0.0462. The third-order valence-electron chi connectivity index (χ3n) is 2.62. The maximum atomic E-state index is 13.0. The molecule has 0 amide bonds. The number of benzene rings is 1. The molecule has 0 aliphatic rings. The highest BCUT2D eigenvalue weighted by Gasteiger charge is 2.34. The van der Waals surface area contributed by atoms with Crippen molar-refractivity contribution in [3.05, 3.63) is 59.4 Å². The molecule has 0 aliphatic carbocycles. The molecule has 1 aromatic carbocycles. The molecule has 2 aromatic rings. The van der Waals surface area contributed by atoms with Crippen LogP contribution in [-0.4, -0.2) is 4.98 Å². The van der Waals surface area contributed by atoms with Crippen LogP contribution in [0.1, 0.15) is 16.7 Å². The van der Waals surface area contributed by atoms with E-state index in [4.69, 9.17) is 4.74 Å². The molecule has 0 fully saturated rings. The summed E-state index contributed by atoms with van der Waals surface area (Å²) < 4.78 is 44.2. The van der Waals surface area contributed by atoms with Crippen LogP contribution in [0, 0.1) is 0 Å². The Bertz CT molecular complexity index is 572. The van der Waals surface area contributed by atoms with Crippen molar-refractivity contribution < 1.29 is 17.9 Å². The highest BCUT2D eigenvalue weighted by Crippen LogP contribution is 2.37. The average molecular weight is 346 g/mol. The molecule has 0 saturated carbocycles. The van der Waals surface area contributed by atoms with Crippen LogP contribution in [0.15, 0.2) is 42.7 Å². The summed E-state index contributed by atoms with van der Waals surface area (Å²) in [6, 6.07) is 7.48. The van der Waals surface area contributed by atoms with Crippen molar-refractivity contribution in [3.8, 4) is 5.75 Å². The van der Waals surface area contributed by atoms with Crippen LogP contribution in [-0.2, 0) is 18.1 Å². The number of halogens is 4. The van der Waals surface area contributed by atoms with Gasteiger partial charge in [-0.3, -0.25) is 4.98 Å². The van der Waals surface area contributed by atoms with Gasteiger partial charge in [-0.2, -0.15) is 13.2 Å². The Labute approximate surface area is 122 Å². The maximum Gasteiger partial charge on any atom is 0.419 e. The number of ether oxygens (including phenoxy) is 1. The van der Waals surface area contributed by atoms with Crippen LogP contribution in [0.2, 0.25) is 0 Å². The number of aromatic nitrogens is 1. The van der Waals surface area contributed by atoms with Crippen LogP contribution < -0.4 is 4.74 Å². The molecule has 0 radical (unpaired) electrons. The lowest BCUT2D eigenvalue weighted by Gasteiger charge is -2.15. The van der Waals surface area contributed by atoms with Gasteiger partial charge in [-0.15, -0.1) is 0 Å². The lowest BCUT2D eigenvalue weighted by molar-refractivity contribution is -0.139. The van der Waals surface area contributed by atoms with E-state index in [-0.39, 0.29) is 12.4 Å². The van der Waals surface area contributed by atoms with Gasteiger partial charge >= 0.3 is 6.18 Å². The Hall–Kier alpha value is -1.56. The number of pyridine rings is 1. The van der Waals surface area contributed by atoms with Gasteiger partial charge in [-0.05, 0) is 23.8 Å². The predicted molar refractivity (Wildman–Crippen MR) is 72.6 cm³/mol. The number of hydrogen-bond donors (Lipinski definition) is 0. The van der Waals surface area contributed by atoms with E-state index in [9.17, 15) is 13.2 Å². The summed E-state index contributed by atoms with van der Waals surface area (Å²) in [6.07, 6.45) is -1.29. The summed E-state index contributed by atoms with van der Waals surface area (Å²) in [7, 11) is 0. The summed E-state index contributed by atoms with van der Waals surface area (Å²) in [5.41, 5.74) is 0.495. The van der Waals surface area contributed by atoms with E-state index in [0.717, 1.165) is 6.07 Å². The molecule has 2 nitrogen and oxygen atoms in total. The van der Waals surface area contributed by atoms with Crippen molar-refractivity contribution in [2.24, 2.45) is 0 Å². The first kappa shape index (κ1) is 14.8. The SMILES string of the molecule is FC(F)(F)c1cc(CBr)ccc1OCc1cccnc1. The number of nitrogens with zero attached hydrogens (tertiary/aromatic N) is 1. The molecule has 0 atom stereocenters. The Kier molecular flexibility index (Phi) is 4.65. The third kappa shape index (κ3) is 3.72. The van der Waals surface area contributed by atoms with Gasteiger partial charge < -0.3 is 4.74 Å². The van der Waals surface area contributed by atoms with Gasteiger partial charge in [-0.1, -0.05) is 28.1 Å². The van der Waals surface area contributed by atoms with Crippen molar-refractivity contribution in [1.82, 2.24) is 4.98 Å². The zero-order chi connectivity index (χ0) is 14.6. The highest BCUT2D eigenvalue weighted by molar-refractivity contribution is 9.08. The smallest absolute Gasteiger partial charge is 0.419 e. The number of alkyl halides is 4. The van der Waals surface area contributed by atoms with Gasteiger partial charge in [0.05, 0.1) is 5.56 Å². The molecule has 20 heavy (non-hydrogen) atoms. The van der Waals surface area contributed by atoms with Crippen LogP contribution in [0.4, 0.5) is 13.2 Å². The minimum atomic E-state index is -4.44. The molecule has 0 saturated heterocycles. The average Bonchev–Trinajstić information content (AvgIpc) is 2.45. The Balaban J connectivity index is 2.23. The largest absolute Gasteiger partial charge is 0.488 e. The molecule has 0 aliphatic heterocycles. The van der Waals surface area contributed by atoms with Crippen LogP contribution >= 0.6 is 15.9 Å². The van der Waals surface area contributed by atoms with Gasteiger partial charge in [0.15, 0.2) is 0 Å². The zero-order valence-electron chi connectivity index (χ0n) is 10.3. The summed E-state index contributed by atoms with van der Waals surface area (Å²) >= 11 is 3.14. The molecule has 0 N–H and O–H groups in total. The molecular formula is C14H11BrF3NO. The molecule has 2 rings (SSSR count). The first-order valence-electron chi connectivity index (χ1n) is 5.78. The molecule has 0 spiro atoms. The fraction of sp³-hybridized carbons (Fsp3) is 0.214. The molecule has 1 heterocycles. The molecular weight excluding hydrogens is 335 g/mol. The molecule has 106 valence electrons. The quantitative estimate of drug-likeness (QED) is 0.757. The van der Waals surface area contributed by atoms with Gasteiger partial charge in [0.1, 0.15) is 12.4 Å². The second-order valence-corrected chi connectivity index (χ2v) is 4.67. The van der Waals surface area contributed by atoms with E-state index in [2.05, 4.69) is 20.9 Å². The van der Waals surface area contributed by atoms with Crippen molar-refractivity contribution in [3.63, 3.8) is 0 Å². The summed E-state index contributed by atoms with van der Waals surface area (Å²) in [5.74, 6) is -0.175. The van der Waals surface area contributed by atoms with E-state index in [1.54, 1.807) is 30.6 Å². The standard InChI is InChI=1S/C14H11BrF3NO/c15-7-10-3-4-13(12(6-10)14(16,17)18)20-9-11-2-1-5-19-8-11/h1-6,8H,7,9H2. The number of hydrogen-bond acceptors (Lipinski definition) is 2. The zero-order valence-corrected chi connectivity index (χ0v) is 11.9. The van der Waals surface area contributed by atoms with Crippen LogP contribution in [0.25, 0.3) is 0 Å². The van der Waals surface area contributed by atoms with E-state index in [0.29, 0.717) is 16.5 Å². The lowest BCUT2D eigenvalue weighted by atomic mass is 10.1. The monoisotopic (exact) mass is 345 g/mol. The van der Waals surface area contributed by atoms with Crippen LogP contribution in [0.5, 0.6) is 5.75 Å². The third-order valence-corrected chi connectivity index (χ3v) is 3.27. The minimum Gasteiger partial charge on any atom is -0.488 e. The summed E-state index contributed by atoms with van der Waals surface area (Å²) in [4.78, 5) is 3.89. The molecule has 6 heteroatoms. The lowest BCUT2D eigenvalue weighted by Crippen LogP contribution is -2.09. The van der Waals surface area contributed by atoms with Gasteiger partial charge in [0, 0.05) is 23.3 Å². The van der Waals surface area contributed by atoms with E-state index in [1.165, 1.54) is 6.07 Å². The summed E-state index contributed by atoms with van der Waals surface area (Å²) in [5, 5.41) is 0.360. The van der Waals surface area contributed by atoms with Gasteiger partial charge in [0.2, 0.25) is 0 Å². The molecule has 0 bridgehead atoms. The van der Waals surface area contributed by atoms with Crippen molar-refractivity contribution in [2.45, 2.75) is 18.1 Å². The summed E-state index contributed by atoms with van der Waals surface area (Å²) in [6.45, 7) is 0.0462. The van der Waals surface area contributed by atoms with Gasteiger partial charge in [-0.25, -0.2) is 0 Å². The second kappa shape index (κ2) is 6.26. The van der Waals surface area contributed by atoms with E-state index in [1.807, 2.05) is 0 Å². The molecule has 1 aromatic heterocycles. The Morgan fingerprint density at radius 3 is 2.55 bits per heavy atom. The fourth-order valence-corrected chi connectivity index (χ4v) is 2.00. The highest BCUT2D eigenvalue weighted by atomic mass is 79.9. The van der Waals surface area contributed by atoms with Crippen molar-refractivity contribution >= 4 is 15.9 Å². The predicted octanol–water partition coefficient (Wildman–Crippen LogP) is 4.57. The normalized spacial score (nSPS) is 11.4. The number of rotatable bonds is 4. The Morgan fingerprint density at radius 2 is 1.95 bits per heavy atom. The van der Waals surface area contributed by atoms with E-state index < -0.39 is 11.7 Å². The van der Waals surface area contributed by atoms with Crippen molar-refractivity contribution in [1.29, 1.82) is 0 Å². The second-order valence-electron chi connectivity index (χ2n) is 4.11. The maximum absolute atomic E-state index is 13.0. The topological polar surface area (TPSA) is 22.1 Å². The van der Waals surface area contributed by atoms with Crippen LogP contribution in [0.3, 0.4) is 0 Å². The Morgan fingerprint density at radius 1 is 1.15 bits per heavy atom. The van der Waals surface area contributed by atoms with Crippen molar-refractivity contribution in [2.75, 3.05) is 0 Å². The fourth-order valence-electron chi connectivity index (χ4n) is 1.65. The van der Waals surface area contributed by atoms with Gasteiger partial charge in [0.25, 0.3) is 0 Å². The molecule has 0 unspecified atom stereocenters. The van der Waals surface area contributed by atoms with E-state index >= 15 is 0 Å².